The molecule has 1 atom stereocenters. The summed E-state index contributed by atoms with van der Waals surface area (Å²) >= 11 is 0. The Morgan fingerprint density at radius 1 is 1.30 bits per heavy atom. The van der Waals surface area contributed by atoms with Crippen LogP contribution in [0.15, 0.2) is 6.33 Å². The zero-order valence-corrected chi connectivity index (χ0v) is 13.0. The standard InChI is InChI=1S/C15H26N4O/c1-5-12-13(16-6-2)17-10-18-14(12)19-11-7-8-20-15(3,4)9-11/h10-11H,5-9H2,1-4H3,(H2,16,17,18,19). The normalized spacial score (nSPS) is 21.5. The van der Waals surface area contributed by atoms with Crippen molar-refractivity contribution in [3.8, 4) is 0 Å². The van der Waals surface area contributed by atoms with E-state index in [2.05, 4.69) is 48.3 Å². The lowest BCUT2D eigenvalue weighted by Crippen LogP contribution is -2.40. The van der Waals surface area contributed by atoms with Crippen LogP contribution in [0.4, 0.5) is 11.6 Å². The summed E-state index contributed by atoms with van der Waals surface area (Å²) in [5.74, 6) is 1.90. The molecule has 0 spiro atoms. The molecule has 1 aliphatic rings. The molecule has 1 aliphatic heterocycles. The molecular formula is C15H26N4O. The van der Waals surface area contributed by atoms with E-state index in [1.807, 2.05) is 0 Å². The van der Waals surface area contributed by atoms with Crippen molar-refractivity contribution in [3.05, 3.63) is 11.9 Å². The van der Waals surface area contributed by atoms with Crippen molar-refractivity contribution in [3.63, 3.8) is 0 Å². The fourth-order valence-corrected chi connectivity index (χ4v) is 2.74. The van der Waals surface area contributed by atoms with Crippen LogP contribution < -0.4 is 10.6 Å². The van der Waals surface area contributed by atoms with E-state index in [0.717, 1.165) is 44.0 Å². The van der Waals surface area contributed by atoms with Crippen molar-refractivity contribution in [2.24, 2.45) is 0 Å². The summed E-state index contributed by atoms with van der Waals surface area (Å²) in [5, 5.41) is 6.89. The molecule has 0 saturated carbocycles. The minimum absolute atomic E-state index is 0.0557. The van der Waals surface area contributed by atoms with Crippen molar-refractivity contribution in [1.29, 1.82) is 0 Å². The summed E-state index contributed by atoms with van der Waals surface area (Å²) in [5.41, 5.74) is 1.11. The first-order valence-electron chi connectivity index (χ1n) is 7.54. The van der Waals surface area contributed by atoms with E-state index >= 15 is 0 Å². The van der Waals surface area contributed by atoms with Crippen LogP contribution in [0.25, 0.3) is 0 Å². The first-order chi connectivity index (χ1) is 9.55. The van der Waals surface area contributed by atoms with Crippen LogP contribution in [0.2, 0.25) is 0 Å². The molecule has 5 nitrogen and oxygen atoms in total. The van der Waals surface area contributed by atoms with Crippen LogP contribution in [0.1, 0.15) is 46.1 Å². The Bertz CT molecular complexity index is 447. The Labute approximate surface area is 121 Å². The molecular weight excluding hydrogens is 252 g/mol. The fraction of sp³-hybridized carbons (Fsp3) is 0.733. The average Bonchev–Trinajstić information content (AvgIpc) is 2.38. The van der Waals surface area contributed by atoms with E-state index in [1.54, 1.807) is 6.33 Å². The molecule has 2 heterocycles. The fourth-order valence-electron chi connectivity index (χ4n) is 2.74. The molecule has 112 valence electrons. The lowest BCUT2D eigenvalue weighted by Gasteiger charge is -2.36. The van der Waals surface area contributed by atoms with Gasteiger partial charge < -0.3 is 15.4 Å². The third-order valence-electron chi connectivity index (χ3n) is 3.68. The van der Waals surface area contributed by atoms with Gasteiger partial charge in [-0.3, -0.25) is 0 Å². The maximum atomic E-state index is 5.77. The predicted molar refractivity (Wildman–Crippen MR) is 82.2 cm³/mol. The van der Waals surface area contributed by atoms with Gasteiger partial charge in [-0.15, -0.1) is 0 Å². The largest absolute Gasteiger partial charge is 0.375 e. The molecule has 20 heavy (non-hydrogen) atoms. The third-order valence-corrected chi connectivity index (χ3v) is 3.68. The first kappa shape index (κ1) is 15.0. The van der Waals surface area contributed by atoms with Gasteiger partial charge in [0.2, 0.25) is 0 Å². The maximum absolute atomic E-state index is 5.77. The smallest absolute Gasteiger partial charge is 0.134 e. The number of nitrogens with one attached hydrogen (secondary N) is 2. The van der Waals surface area contributed by atoms with Crippen LogP contribution in [0, 0.1) is 0 Å². The zero-order valence-electron chi connectivity index (χ0n) is 13.0. The van der Waals surface area contributed by atoms with Crippen molar-refractivity contribution in [2.45, 2.75) is 58.6 Å². The van der Waals surface area contributed by atoms with Gasteiger partial charge in [0.1, 0.15) is 18.0 Å². The van der Waals surface area contributed by atoms with Crippen molar-refractivity contribution >= 4 is 11.6 Å². The van der Waals surface area contributed by atoms with Gasteiger partial charge in [-0.25, -0.2) is 9.97 Å². The molecule has 2 N–H and O–H groups in total. The summed E-state index contributed by atoms with van der Waals surface area (Å²) in [6.07, 6.45) is 4.56. The molecule has 0 aliphatic carbocycles. The second-order valence-electron chi connectivity index (χ2n) is 5.88. The molecule has 0 aromatic carbocycles. The Hall–Kier alpha value is -1.36. The summed E-state index contributed by atoms with van der Waals surface area (Å²) < 4.78 is 5.77. The lowest BCUT2D eigenvalue weighted by molar-refractivity contribution is -0.0553. The molecule has 1 saturated heterocycles. The van der Waals surface area contributed by atoms with Crippen LogP contribution in [0.3, 0.4) is 0 Å². The van der Waals surface area contributed by atoms with E-state index in [9.17, 15) is 0 Å². The molecule has 1 aromatic heterocycles. The lowest BCUT2D eigenvalue weighted by atomic mass is 9.94. The second-order valence-corrected chi connectivity index (χ2v) is 5.88. The van der Waals surface area contributed by atoms with Gasteiger partial charge in [0.25, 0.3) is 0 Å². The van der Waals surface area contributed by atoms with Gasteiger partial charge in [0, 0.05) is 24.8 Å². The number of nitrogens with zero attached hydrogens (tertiary/aromatic N) is 2. The number of aromatic nitrogens is 2. The molecule has 2 rings (SSSR count). The number of rotatable bonds is 5. The monoisotopic (exact) mass is 278 g/mol. The van der Waals surface area contributed by atoms with E-state index in [1.165, 1.54) is 5.56 Å². The number of ether oxygens (including phenoxy) is 1. The summed E-state index contributed by atoms with van der Waals surface area (Å²) in [6, 6.07) is 0.411. The molecule has 0 amide bonds. The molecule has 1 fully saturated rings. The highest BCUT2D eigenvalue weighted by Crippen LogP contribution is 2.28. The highest BCUT2D eigenvalue weighted by atomic mass is 16.5. The predicted octanol–water partition coefficient (Wildman–Crippen LogP) is 2.84. The highest BCUT2D eigenvalue weighted by Gasteiger charge is 2.29. The quantitative estimate of drug-likeness (QED) is 0.867. The minimum atomic E-state index is -0.0557. The summed E-state index contributed by atoms with van der Waals surface area (Å²) in [4.78, 5) is 8.77. The van der Waals surface area contributed by atoms with Gasteiger partial charge in [0.05, 0.1) is 5.60 Å². The number of hydrogen-bond donors (Lipinski definition) is 2. The Kier molecular flexibility index (Phi) is 4.81. The van der Waals surface area contributed by atoms with Crippen molar-refractivity contribution < 1.29 is 4.74 Å². The minimum Gasteiger partial charge on any atom is -0.375 e. The van der Waals surface area contributed by atoms with Gasteiger partial charge in [0.15, 0.2) is 0 Å². The third kappa shape index (κ3) is 3.60. The van der Waals surface area contributed by atoms with E-state index in [4.69, 9.17) is 4.74 Å². The molecule has 5 heteroatoms. The van der Waals surface area contributed by atoms with Gasteiger partial charge >= 0.3 is 0 Å². The maximum Gasteiger partial charge on any atom is 0.134 e. The number of anilines is 2. The van der Waals surface area contributed by atoms with Crippen LogP contribution >= 0.6 is 0 Å². The van der Waals surface area contributed by atoms with Gasteiger partial charge in [-0.05, 0) is 40.0 Å². The Morgan fingerprint density at radius 3 is 2.70 bits per heavy atom. The first-order valence-corrected chi connectivity index (χ1v) is 7.54. The summed E-state index contributed by atoms with van der Waals surface area (Å²) in [7, 11) is 0. The van der Waals surface area contributed by atoms with Crippen LogP contribution in [-0.4, -0.2) is 34.8 Å². The number of hydrogen-bond acceptors (Lipinski definition) is 5. The zero-order chi connectivity index (χ0) is 14.6. The van der Waals surface area contributed by atoms with Crippen molar-refractivity contribution in [2.75, 3.05) is 23.8 Å². The van der Waals surface area contributed by atoms with Crippen molar-refractivity contribution in [1.82, 2.24) is 9.97 Å². The SMILES string of the molecule is CCNc1ncnc(NC2CCOC(C)(C)C2)c1CC. The van der Waals surface area contributed by atoms with E-state index < -0.39 is 0 Å². The molecule has 0 bridgehead atoms. The molecule has 1 aromatic rings. The van der Waals surface area contributed by atoms with Crippen LogP contribution in [0.5, 0.6) is 0 Å². The van der Waals surface area contributed by atoms with E-state index in [0.29, 0.717) is 6.04 Å². The topological polar surface area (TPSA) is 59.1 Å². The molecule has 1 unspecified atom stereocenters. The Morgan fingerprint density at radius 2 is 2.05 bits per heavy atom. The van der Waals surface area contributed by atoms with Crippen LogP contribution in [-0.2, 0) is 11.2 Å². The van der Waals surface area contributed by atoms with Gasteiger partial charge in [-0.2, -0.15) is 0 Å². The second kappa shape index (κ2) is 6.39. The summed E-state index contributed by atoms with van der Waals surface area (Å²) in [6.45, 7) is 10.2. The highest BCUT2D eigenvalue weighted by molar-refractivity contribution is 5.57. The van der Waals surface area contributed by atoms with Gasteiger partial charge in [-0.1, -0.05) is 6.92 Å². The molecule has 0 radical (unpaired) electrons. The van der Waals surface area contributed by atoms with E-state index in [-0.39, 0.29) is 5.60 Å². The Balaban J connectivity index is 2.14. The average molecular weight is 278 g/mol.